The molecule has 0 radical (unpaired) electrons. The van der Waals surface area contributed by atoms with E-state index in [4.69, 9.17) is 0 Å². The molecule has 4 aliphatic rings. The zero-order valence-corrected chi connectivity index (χ0v) is 13.1. The number of benzene rings is 1. The van der Waals surface area contributed by atoms with Crippen molar-refractivity contribution in [1.82, 2.24) is 5.32 Å². The average Bonchev–Trinajstić information content (AvgIpc) is 2.50. The number of anilines is 1. The summed E-state index contributed by atoms with van der Waals surface area (Å²) >= 11 is 0. The van der Waals surface area contributed by atoms with Gasteiger partial charge in [-0.2, -0.15) is 0 Å². The zero-order chi connectivity index (χ0) is 14.9. The fourth-order valence-electron chi connectivity index (χ4n) is 5.56. The van der Waals surface area contributed by atoms with Crippen molar-refractivity contribution in [1.29, 1.82) is 0 Å². The number of nitrogens with one attached hydrogen (secondary N) is 2. The first kappa shape index (κ1) is 14.1. The van der Waals surface area contributed by atoms with Gasteiger partial charge >= 0.3 is 6.03 Å². The van der Waals surface area contributed by atoms with Crippen molar-refractivity contribution in [3.8, 4) is 0 Å². The van der Waals surface area contributed by atoms with Gasteiger partial charge in [0.25, 0.3) is 0 Å². The SMILES string of the molecule is O=C(NCCC1C2CC3CC(C2)CC1C3)Nc1ccccc1. The molecule has 1 aromatic rings. The van der Waals surface area contributed by atoms with Crippen molar-refractivity contribution in [2.24, 2.45) is 29.6 Å². The summed E-state index contributed by atoms with van der Waals surface area (Å²) in [5.74, 6) is 4.84. The molecule has 4 bridgehead atoms. The Hall–Kier alpha value is -1.51. The number of hydrogen-bond donors (Lipinski definition) is 2. The Labute approximate surface area is 132 Å². The van der Waals surface area contributed by atoms with Gasteiger partial charge in [-0.25, -0.2) is 4.79 Å². The van der Waals surface area contributed by atoms with Crippen LogP contribution in [0, 0.1) is 29.6 Å². The van der Waals surface area contributed by atoms with E-state index in [1.54, 1.807) is 0 Å². The quantitative estimate of drug-likeness (QED) is 0.856. The first-order valence-corrected chi connectivity index (χ1v) is 8.88. The second-order valence-corrected chi connectivity index (χ2v) is 7.63. The molecule has 3 heteroatoms. The van der Waals surface area contributed by atoms with Crippen molar-refractivity contribution in [3.63, 3.8) is 0 Å². The summed E-state index contributed by atoms with van der Waals surface area (Å²) in [7, 11) is 0. The Morgan fingerprint density at radius 1 is 0.955 bits per heavy atom. The first-order valence-electron chi connectivity index (χ1n) is 8.88. The molecule has 1 aromatic carbocycles. The van der Waals surface area contributed by atoms with Gasteiger partial charge < -0.3 is 10.6 Å². The topological polar surface area (TPSA) is 41.1 Å². The summed E-state index contributed by atoms with van der Waals surface area (Å²) < 4.78 is 0. The molecular formula is C19H26N2O. The summed E-state index contributed by atoms with van der Waals surface area (Å²) in [5.41, 5.74) is 0.856. The molecule has 0 aliphatic heterocycles. The van der Waals surface area contributed by atoms with Gasteiger partial charge in [-0.1, -0.05) is 18.2 Å². The van der Waals surface area contributed by atoms with Crippen molar-refractivity contribution in [2.75, 3.05) is 11.9 Å². The number of rotatable bonds is 4. The number of para-hydroxylation sites is 1. The molecule has 118 valence electrons. The molecule has 0 saturated heterocycles. The largest absolute Gasteiger partial charge is 0.338 e. The first-order chi connectivity index (χ1) is 10.8. The van der Waals surface area contributed by atoms with Crippen molar-refractivity contribution in [3.05, 3.63) is 30.3 Å². The molecule has 2 N–H and O–H groups in total. The highest BCUT2D eigenvalue weighted by Crippen LogP contribution is 2.57. The maximum Gasteiger partial charge on any atom is 0.319 e. The predicted molar refractivity (Wildman–Crippen MR) is 88.6 cm³/mol. The second-order valence-electron chi connectivity index (χ2n) is 7.63. The summed E-state index contributed by atoms with van der Waals surface area (Å²) in [6, 6.07) is 9.58. The third-order valence-electron chi connectivity index (χ3n) is 6.22. The normalized spacial score (nSPS) is 35.4. The minimum Gasteiger partial charge on any atom is -0.338 e. The van der Waals surface area contributed by atoms with E-state index in [1.807, 2.05) is 30.3 Å². The smallest absolute Gasteiger partial charge is 0.319 e. The highest BCUT2D eigenvalue weighted by atomic mass is 16.2. The summed E-state index contributed by atoms with van der Waals surface area (Å²) in [6.45, 7) is 0.811. The number of amides is 2. The van der Waals surface area contributed by atoms with Gasteiger partial charge in [-0.3, -0.25) is 0 Å². The molecule has 0 unspecified atom stereocenters. The number of hydrogen-bond acceptors (Lipinski definition) is 1. The number of urea groups is 1. The van der Waals surface area contributed by atoms with E-state index in [9.17, 15) is 4.79 Å². The van der Waals surface area contributed by atoms with Crippen LogP contribution >= 0.6 is 0 Å². The fraction of sp³-hybridized carbons (Fsp3) is 0.632. The van der Waals surface area contributed by atoms with Crippen LogP contribution in [0.25, 0.3) is 0 Å². The second kappa shape index (κ2) is 5.94. The van der Waals surface area contributed by atoms with Gasteiger partial charge in [0.1, 0.15) is 0 Å². The van der Waals surface area contributed by atoms with E-state index < -0.39 is 0 Å². The van der Waals surface area contributed by atoms with Crippen LogP contribution in [0.5, 0.6) is 0 Å². The number of carbonyl (C=O) groups is 1. The van der Waals surface area contributed by atoms with Crippen LogP contribution in [0.4, 0.5) is 10.5 Å². The molecule has 5 rings (SSSR count). The highest BCUT2D eigenvalue weighted by molar-refractivity contribution is 5.89. The van der Waals surface area contributed by atoms with Gasteiger partial charge in [0.05, 0.1) is 0 Å². The molecular weight excluding hydrogens is 272 g/mol. The Balaban J connectivity index is 1.24. The molecule has 22 heavy (non-hydrogen) atoms. The van der Waals surface area contributed by atoms with E-state index in [0.717, 1.165) is 48.2 Å². The van der Waals surface area contributed by atoms with Gasteiger partial charge in [0.2, 0.25) is 0 Å². The summed E-state index contributed by atoms with van der Waals surface area (Å²) in [6.07, 6.45) is 8.54. The Morgan fingerprint density at radius 2 is 1.59 bits per heavy atom. The lowest BCUT2D eigenvalue weighted by molar-refractivity contribution is -0.0390. The van der Waals surface area contributed by atoms with Crippen molar-refractivity contribution in [2.45, 2.75) is 38.5 Å². The molecule has 0 heterocycles. The number of carbonyl (C=O) groups excluding carboxylic acids is 1. The van der Waals surface area contributed by atoms with E-state index in [0.29, 0.717) is 0 Å². The Morgan fingerprint density at radius 3 is 2.23 bits per heavy atom. The molecule has 0 aromatic heterocycles. The highest BCUT2D eigenvalue weighted by Gasteiger charge is 2.47. The molecule has 4 aliphatic carbocycles. The van der Waals surface area contributed by atoms with Gasteiger partial charge in [0, 0.05) is 12.2 Å². The lowest BCUT2D eigenvalue weighted by Crippen LogP contribution is -2.46. The minimum atomic E-state index is -0.0741. The monoisotopic (exact) mass is 298 g/mol. The maximum atomic E-state index is 11.9. The summed E-state index contributed by atoms with van der Waals surface area (Å²) in [5, 5.41) is 5.93. The van der Waals surface area contributed by atoms with Crippen LogP contribution in [-0.4, -0.2) is 12.6 Å². The van der Waals surface area contributed by atoms with Crippen LogP contribution < -0.4 is 10.6 Å². The third kappa shape index (κ3) is 2.86. The van der Waals surface area contributed by atoms with E-state index in [2.05, 4.69) is 10.6 Å². The van der Waals surface area contributed by atoms with Gasteiger partial charge in [0.15, 0.2) is 0 Å². The molecule has 3 nitrogen and oxygen atoms in total. The van der Waals surface area contributed by atoms with Gasteiger partial charge in [-0.15, -0.1) is 0 Å². The van der Waals surface area contributed by atoms with E-state index in [1.165, 1.54) is 32.1 Å². The predicted octanol–water partition coefficient (Wildman–Crippen LogP) is 4.27. The van der Waals surface area contributed by atoms with Gasteiger partial charge in [-0.05, 0) is 80.2 Å². The lowest BCUT2D eigenvalue weighted by atomic mass is 9.51. The van der Waals surface area contributed by atoms with Crippen LogP contribution in [0.3, 0.4) is 0 Å². The van der Waals surface area contributed by atoms with Crippen LogP contribution in [0.2, 0.25) is 0 Å². The third-order valence-corrected chi connectivity index (χ3v) is 6.22. The molecule has 0 spiro atoms. The Bertz CT molecular complexity index is 499. The Kier molecular flexibility index (Phi) is 3.81. The van der Waals surface area contributed by atoms with E-state index in [-0.39, 0.29) is 6.03 Å². The molecule has 4 saturated carbocycles. The average molecular weight is 298 g/mol. The summed E-state index contributed by atoms with van der Waals surface area (Å²) in [4.78, 5) is 11.9. The minimum absolute atomic E-state index is 0.0741. The van der Waals surface area contributed by atoms with Crippen molar-refractivity contribution < 1.29 is 4.79 Å². The van der Waals surface area contributed by atoms with Crippen LogP contribution in [0.1, 0.15) is 38.5 Å². The molecule has 4 fully saturated rings. The molecule has 2 amide bonds. The molecule has 0 atom stereocenters. The fourth-order valence-corrected chi connectivity index (χ4v) is 5.56. The van der Waals surface area contributed by atoms with Crippen molar-refractivity contribution >= 4 is 11.7 Å². The zero-order valence-electron chi connectivity index (χ0n) is 13.1. The maximum absolute atomic E-state index is 11.9. The van der Waals surface area contributed by atoms with E-state index >= 15 is 0 Å². The van der Waals surface area contributed by atoms with Crippen LogP contribution in [0.15, 0.2) is 30.3 Å². The standard InChI is InChI=1S/C19H26N2O/c22-19(21-17-4-2-1-3-5-17)20-7-6-18-15-9-13-8-14(11-15)12-16(18)10-13/h1-5,13-16,18H,6-12H2,(H2,20,21,22). The lowest BCUT2D eigenvalue weighted by Gasteiger charge is -2.54. The van der Waals surface area contributed by atoms with Crippen LogP contribution in [-0.2, 0) is 0 Å².